The Morgan fingerprint density at radius 3 is 1.76 bits per heavy atom. The Bertz CT molecular complexity index is 2670. The molecule has 2 nitrogen and oxygen atoms in total. The lowest BCUT2D eigenvalue weighted by Crippen LogP contribution is -2.57. The fourth-order valence-corrected chi connectivity index (χ4v) is 14.0. The molecule has 1 spiro atoms. The Kier molecular flexibility index (Phi) is 7.44. The first-order chi connectivity index (χ1) is 28.4. The third kappa shape index (κ3) is 4.92. The van der Waals surface area contributed by atoms with Gasteiger partial charge < -0.3 is 9.64 Å². The van der Waals surface area contributed by atoms with Crippen LogP contribution in [0.2, 0.25) is 0 Å². The maximum Gasteiger partial charge on any atom is 0.156 e. The molecule has 6 aromatic carbocycles. The van der Waals surface area contributed by atoms with Crippen molar-refractivity contribution in [3.63, 3.8) is 0 Å². The molecule has 0 atom stereocenters. The van der Waals surface area contributed by atoms with Gasteiger partial charge in [-0.15, -0.1) is 0 Å². The normalized spacial score (nSPS) is 26.6. The van der Waals surface area contributed by atoms with Crippen LogP contribution < -0.4 is 9.64 Å². The Morgan fingerprint density at radius 2 is 1.03 bits per heavy atom. The summed E-state index contributed by atoms with van der Waals surface area (Å²) in [5.74, 6) is 5.08. The van der Waals surface area contributed by atoms with E-state index in [1.165, 1.54) is 112 Å². The van der Waals surface area contributed by atoms with Crippen molar-refractivity contribution in [3.05, 3.63) is 161 Å². The summed E-state index contributed by atoms with van der Waals surface area (Å²) < 4.78 is 7.55. The molecule has 0 radical (unpaired) electrons. The SMILES string of the molecule is CC1(C)CCC(C)(C)c2cc(N(c3ccc4c(c3)C(C)(C)c3ccccc3-4)c3c(-c4ccccc4)ccc4c3Oc3ccccc3C43C4CC5CC(C4)CC3C5)ccc21. The van der Waals surface area contributed by atoms with Gasteiger partial charge in [0.25, 0.3) is 0 Å². The highest BCUT2D eigenvalue weighted by Gasteiger charge is 2.61. The van der Waals surface area contributed by atoms with E-state index in [9.17, 15) is 0 Å². The summed E-state index contributed by atoms with van der Waals surface area (Å²) in [7, 11) is 0. The lowest BCUT2D eigenvalue weighted by Gasteiger charge is -2.63. The molecule has 59 heavy (non-hydrogen) atoms. The molecule has 0 unspecified atom stereocenters. The summed E-state index contributed by atoms with van der Waals surface area (Å²) in [6.45, 7) is 14.6. The summed E-state index contributed by atoms with van der Waals surface area (Å²) in [6.07, 6.45) is 9.12. The molecule has 2 heteroatoms. The molecule has 7 aliphatic rings. The highest BCUT2D eigenvalue weighted by atomic mass is 16.5. The van der Waals surface area contributed by atoms with Crippen LogP contribution >= 0.6 is 0 Å². The second-order valence-electron chi connectivity index (χ2n) is 21.2. The minimum Gasteiger partial charge on any atom is -0.454 e. The molecule has 0 N–H and O–H groups in total. The zero-order chi connectivity index (χ0) is 40.1. The number of hydrogen-bond donors (Lipinski definition) is 0. The second-order valence-corrected chi connectivity index (χ2v) is 21.2. The third-order valence-electron chi connectivity index (χ3n) is 16.8. The van der Waals surface area contributed by atoms with E-state index < -0.39 is 0 Å². The molecule has 296 valence electrons. The van der Waals surface area contributed by atoms with Gasteiger partial charge in [-0.1, -0.05) is 139 Å². The van der Waals surface area contributed by atoms with Gasteiger partial charge >= 0.3 is 0 Å². The summed E-state index contributed by atoms with van der Waals surface area (Å²) in [6, 6.07) is 49.1. The molecule has 0 saturated heterocycles. The van der Waals surface area contributed by atoms with E-state index in [0.717, 1.165) is 29.0 Å². The van der Waals surface area contributed by atoms with E-state index in [1.54, 1.807) is 0 Å². The van der Waals surface area contributed by atoms with Gasteiger partial charge in [0.1, 0.15) is 5.75 Å². The van der Waals surface area contributed by atoms with E-state index >= 15 is 0 Å². The van der Waals surface area contributed by atoms with Crippen molar-refractivity contribution in [2.24, 2.45) is 23.7 Å². The van der Waals surface area contributed by atoms with Crippen molar-refractivity contribution in [3.8, 4) is 33.8 Å². The van der Waals surface area contributed by atoms with Crippen LogP contribution in [0.3, 0.4) is 0 Å². The van der Waals surface area contributed by atoms with Crippen LogP contribution in [-0.4, -0.2) is 0 Å². The number of rotatable bonds is 4. The Labute approximate surface area is 351 Å². The molecule has 4 fully saturated rings. The van der Waals surface area contributed by atoms with Gasteiger partial charge in [-0.3, -0.25) is 0 Å². The lowest BCUT2D eigenvalue weighted by atomic mass is 9.41. The van der Waals surface area contributed by atoms with Crippen molar-refractivity contribution in [2.45, 2.75) is 108 Å². The Balaban J connectivity index is 1.17. The smallest absolute Gasteiger partial charge is 0.156 e. The summed E-state index contributed by atoms with van der Waals surface area (Å²) in [5.41, 5.74) is 17.3. The van der Waals surface area contributed by atoms with Crippen molar-refractivity contribution in [1.82, 2.24) is 0 Å². The summed E-state index contributed by atoms with van der Waals surface area (Å²) in [5, 5.41) is 0. The van der Waals surface area contributed by atoms with Crippen LogP contribution in [0.25, 0.3) is 22.3 Å². The maximum absolute atomic E-state index is 7.55. The van der Waals surface area contributed by atoms with Crippen LogP contribution in [0.5, 0.6) is 11.5 Å². The monoisotopic (exact) mass is 771 g/mol. The van der Waals surface area contributed by atoms with Gasteiger partial charge in [0, 0.05) is 38.9 Å². The van der Waals surface area contributed by atoms with Crippen LogP contribution in [0.1, 0.15) is 120 Å². The van der Waals surface area contributed by atoms with Crippen LogP contribution in [-0.2, 0) is 21.7 Å². The Hall–Kier alpha value is -5.08. The highest BCUT2D eigenvalue weighted by Crippen LogP contribution is 2.70. The van der Waals surface area contributed by atoms with Crippen LogP contribution in [0.15, 0.2) is 127 Å². The first kappa shape index (κ1) is 35.8. The minimum absolute atomic E-state index is 0.0589. The molecular weight excluding hydrogens is 715 g/mol. The van der Waals surface area contributed by atoms with E-state index in [4.69, 9.17) is 4.74 Å². The first-order valence-electron chi connectivity index (χ1n) is 22.6. The number of hydrogen-bond acceptors (Lipinski definition) is 2. The van der Waals surface area contributed by atoms with Crippen LogP contribution in [0, 0.1) is 23.7 Å². The highest BCUT2D eigenvalue weighted by molar-refractivity contribution is 5.95. The number of benzene rings is 6. The van der Waals surface area contributed by atoms with Gasteiger partial charge in [-0.05, 0) is 149 Å². The van der Waals surface area contributed by atoms with E-state index in [2.05, 4.69) is 174 Å². The standard InChI is InChI=1S/C57H57NO/c1-54(2)26-27-55(3,4)50-34-41(21-24-46(50)54)58(40-20-22-44-43-16-10-11-17-45(43)56(5,6)49(44)33-40)52-42(37-14-8-7-9-15-37)23-25-48-53(52)59-51-19-13-12-18-47(51)57(48)38-29-35-28-36(31-38)32-39(57)30-35/h7-25,33-36,38-39H,26-32H2,1-6H3. The van der Waals surface area contributed by atoms with E-state index in [-0.39, 0.29) is 21.7 Å². The molecule has 0 amide bonds. The minimum atomic E-state index is -0.131. The largest absolute Gasteiger partial charge is 0.454 e. The van der Waals surface area contributed by atoms with Crippen molar-refractivity contribution in [2.75, 3.05) is 4.90 Å². The van der Waals surface area contributed by atoms with Gasteiger partial charge in [-0.25, -0.2) is 0 Å². The number of nitrogens with zero attached hydrogens (tertiary/aromatic N) is 1. The maximum atomic E-state index is 7.55. The zero-order valence-electron chi connectivity index (χ0n) is 35.7. The topological polar surface area (TPSA) is 12.5 Å². The molecule has 4 saturated carbocycles. The third-order valence-corrected chi connectivity index (χ3v) is 16.8. The quantitative estimate of drug-likeness (QED) is 0.177. The zero-order valence-corrected chi connectivity index (χ0v) is 35.7. The second kappa shape index (κ2) is 12.2. The van der Waals surface area contributed by atoms with Gasteiger partial charge in [0.15, 0.2) is 5.75 Å². The molecule has 4 bridgehead atoms. The molecule has 13 rings (SSSR count). The average Bonchev–Trinajstić information content (AvgIpc) is 3.46. The van der Waals surface area contributed by atoms with Gasteiger partial charge in [0.2, 0.25) is 0 Å². The van der Waals surface area contributed by atoms with Crippen LogP contribution in [0.4, 0.5) is 17.1 Å². The summed E-state index contributed by atoms with van der Waals surface area (Å²) >= 11 is 0. The fourth-order valence-electron chi connectivity index (χ4n) is 14.0. The number of anilines is 3. The average molecular weight is 772 g/mol. The van der Waals surface area contributed by atoms with Crippen molar-refractivity contribution in [1.29, 1.82) is 0 Å². The molecule has 6 aromatic rings. The predicted octanol–water partition coefficient (Wildman–Crippen LogP) is 15.3. The molecule has 6 aliphatic carbocycles. The molecule has 0 aromatic heterocycles. The van der Waals surface area contributed by atoms with Crippen molar-refractivity contribution >= 4 is 17.1 Å². The Morgan fingerprint density at radius 1 is 0.475 bits per heavy atom. The number of fused-ring (bicyclic) bond motifs is 6. The van der Waals surface area contributed by atoms with Crippen molar-refractivity contribution < 1.29 is 4.74 Å². The molecule has 1 heterocycles. The number of para-hydroxylation sites is 1. The molecule has 1 aliphatic heterocycles. The predicted molar refractivity (Wildman–Crippen MR) is 244 cm³/mol. The molecular formula is C57H57NO. The number of ether oxygens (including phenoxy) is 1. The van der Waals surface area contributed by atoms with E-state index in [1.807, 2.05) is 0 Å². The summed E-state index contributed by atoms with van der Waals surface area (Å²) in [4.78, 5) is 2.62. The fraction of sp³-hybridized carbons (Fsp3) is 0.368. The van der Waals surface area contributed by atoms with Gasteiger partial charge in [0.05, 0.1) is 5.69 Å². The first-order valence-corrected chi connectivity index (χ1v) is 22.6. The lowest BCUT2D eigenvalue weighted by molar-refractivity contribution is -0.0451. The van der Waals surface area contributed by atoms with E-state index in [0.29, 0.717) is 11.8 Å². The van der Waals surface area contributed by atoms with Gasteiger partial charge in [-0.2, -0.15) is 0 Å².